The van der Waals surface area contributed by atoms with Crippen LogP contribution in [0.15, 0.2) is 18.2 Å². The van der Waals surface area contributed by atoms with Crippen LogP contribution >= 0.6 is 0 Å². The Balaban J connectivity index is 2.90. The summed E-state index contributed by atoms with van der Waals surface area (Å²) in [4.78, 5) is 10.9. The second-order valence-electron chi connectivity index (χ2n) is 2.66. The van der Waals surface area contributed by atoms with Gasteiger partial charge in [0.15, 0.2) is 0 Å². The van der Waals surface area contributed by atoms with Gasteiger partial charge in [0, 0.05) is 12.2 Å². The molecule has 5 nitrogen and oxygen atoms in total. The molecule has 4 N–H and O–H groups in total. The van der Waals surface area contributed by atoms with Gasteiger partial charge in [-0.2, -0.15) is 0 Å². The molecule has 5 heteroatoms. The number of hydrogen-bond acceptors (Lipinski definition) is 4. The van der Waals surface area contributed by atoms with Crippen molar-refractivity contribution in [2.45, 2.75) is 6.54 Å². The van der Waals surface area contributed by atoms with Crippen molar-refractivity contribution >= 4 is 11.8 Å². The fourth-order valence-corrected chi connectivity index (χ4v) is 1.03. The third-order valence-electron chi connectivity index (χ3n) is 1.73. The lowest BCUT2D eigenvalue weighted by molar-refractivity contribution is 0.187. The zero-order chi connectivity index (χ0) is 10.6. The molecule has 1 amide bonds. The molecule has 0 spiro atoms. The predicted molar refractivity (Wildman–Crippen MR) is 52.0 cm³/mol. The van der Waals surface area contributed by atoms with Crippen LogP contribution in [0, 0.1) is 0 Å². The molecule has 1 aromatic carbocycles. The fourth-order valence-electron chi connectivity index (χ4n) is 1.03. The molecule has 0 aliphatic rings. The Morgan fingerprint density at radius 2 is 2.36 bits per heavy atom. The van der Waals surface area contributed by atoms with E-state index in [2.05, 4.69) is 10.1 Å². The van der Waals surface area contributed by atoms with Crippen LogP contribution < -0.4 is 11.1 Å². The number of carbonyl (C=O) groups is 1. The maximum absolute atomic E-state index is 10.9. The lowest BCUT2D eigenvalue weighted by atomic mass is 10.1. The second kappa shape index (κ2) is 4.48. The Kier molecular flexibility index (Phi) is 3.30. The van der Waals surface area contributed by atoms with E-state index in [4.69, 9.17) is 10.8 Å². The van der Waals surface area contributed by atoms with Crippen LogP contribution in [0.25, 0.3) is 0 Å². The number of methoxy groups -OCH3 is 1. The van der Waals surface area contributed by atoms with Crippen LogP contribution in [-0.4, -0.2) is 18.3 Å². The minimum atomic E-state index is -0.564. The van der Waals surface area contributed by atoms with Crippen molar-refractivity contribution in [2.24, 2.45) is 5.73 Å². The molecule has 0 aromatic heterocycles. The van der Waals surface area contributed by atoms with Crippen molar-refractivity contribution in [3.8, 4) is 5.75 Å². The number of ether oxygens (including phenoxy) is 1. The largest absolute Gasteiger partial charge is 0.508 e. The molecule has 0 unspecified atom stereocenters. The Morgan fingerprint density at radius 3 is 2.93 bits per heavy atom. The topological polar surface area (TPSA) is 84.6 Å². The van der Waals surface area contributed by atoms with Gasteiger partial charge >= 0.3 is 6.09 Å². The number of aromatic hydroxyl groups is 1. The van der Waals surface area contributed by atoms with E-state index in [0.717, 1.165) is 0 Å². The Hall–Kier alpha value is -1.75. The number of carbonyl (C=O) groups excluding carboxylic acids is 1. The third kappa shape index (κ3) is 2.37. The highest BCUT2D eigenvalue weighted by molar-refractivity contribution is 5.85. The van der Waals surface area contributed by atoms with Gasteiger partial charge in [0.05, 0.1) is 7.11 Å². The molecule has 0 saturated carbocycles. The molecule has 0 fully saturated rings. The summed E-state index contributed by atoms with van der Waals surface area (Å²) in [5, 5.41) is 11.6. The zero-order valence-electron chi connectivity index (χ0n) is 7.78. The van der Waals surface area contributed by atoms with Gasteiger partial charge < -0.3 is 15.6 Å². The maximum Gasteiger partial charge on any atom is 0.411 e. The Morgan fingerprint density at radius 1 is 1.64 bits per heavy atom. The maximum atomic E-state index is 10.9. The minimum absolute atomic E-state index is 0.112. The minimum Gasteiger partial charge on any atom is -0.508 e. The number of nitrogens with two attached hydrogens (primary N) is 1. The monoisotopic (exact) mass is 196 g/mol. The molecule has 1 aromatic rings. The second-order valence-corrected chi connectivity index (χ2v) is 2.66. The van der Waals surface area contributed by atoms with Gasteiger partial charge in [-0.05, 0) is 23.8 Å². The molecule has 0 bridgehead atoms. The van der Waals surface area contributed by atoms with E-state index in [9.17, 15) is 4.79 Å². The van der Waals surface area contributed by atoms with Crippen molar-refractivity contribution in [1.82, 2.24) is 0 Å². The summed E-state index contributed by atoms with van der Waals surface area (Å²) < 4.78 is 4.43. The summed E-state index contributed by atoms with van der Waals surface area (Å²) in [6.45, 7) is 0.230. The molecular formula is C9H12N2O3. The molecular weight excluding hydrogens is 184 g/mol. The van der Waals surface area contributed by atoms with Crippen molar-refractivity contribution < 1.29 is 14.6 Å². The summed E-state index contributed by atoms with van der Waals surface area (Å²) in [5.41, 5.74) is 6.62. The molecule has 0 atom stereocenters. The van der Waals surface area contributed by atoms with Gasteiger partial charge in [0.25, 0.3) is 0 Å². The van der Waals surface area contributed by atoms with E-state index in [1.165, 1.54) is 19.2 Å². The first-order valence-electron chi connectivity index (χ1n) is 4.04. The van der Waals surface area contributed by atoms with E-state index < -0.39 is 6.09 Å². The Bertz CT molecular complexity index is 339. The molecule has 0 radical (unpaired) electrons. The molecule has 76 valence electrons. The highest BCUT2D eigenvalue weighted by atomic mass is 16.5. The van der Waals surface area contributed by atoms with Crippen molar-refractivity contribution in [3.05, 3.63) is 23.8 Å². The van der Waals surface area contributed by atoms with E-state index in [0.29, 0.717) is 11.3 Å². The number of rotatable bonds is 2. The third-order valence-corrected chi connectivity index (χ3v) is 1.73. The number of nitrogens with one attached hydrogen (secondary N) is 1. The first-order chi connectivity index (χ1) is 6.67. The van der Waals surface area contributed by atoms with E-state index >= 15 is 0 Å². The lowest BCUT2D eigenvalue weighted by Crippen LogP contribution is -2.13. The average molecular weight is 196 g/mol. The zero-order valence-corrected chi connectivity index (χ0v) is 7.78. The van der Waals surface area contributed by atoms with Crippen LogP contribution in [0.5, 0.6) is 5.75 Å². The first kappa shape index (κ1) is 10.3. The lowest BCUT2D eigenvalue weighted by Gasteiger charge is -2.08. The highest BCUT2D eigenvalue weighted by Gasteiger charge is 2.05. The van der Waals surface area contributed by atoms with Crippen molar-refractivity contribution in [2.75, 3.05) is 12.4 Å². The van der Waals surface area contributed by atoms with Crippen LogP contribution in [0.1, 0.15) is 5.56 Å². The van der Waals surface area contributed by atoms with Gasteiger partial charge in [0.2, 0.25) is 0 Å². The molecule has 0 aliphatic heterocycles. The van der Waals surface area contributed by atoms with Crippen molar-refractivity contribution in [1.29, 1.82) is 0 Å². The molecule has 1 rings (SSSR count). The van der Waals surface area contributed by atoms with Crippen LogP contribution in [0.2, 0.25) is 0 Å². The molecule has 14 heavy (non-hydrogen) atoms. The first-order valence-corrected chi connectivity index (χ1v) is 4.04. The summed E-state index contributed by atoms with van der Waals surface area (Å²) in [6.07, 6.45) is -0.564. The number of hydrogen-bond donors (Lipinski definition) is 3. The van der Waals surface area contributed by atoms with Crippen molar-refractivity contribution in [3.63, 3.8) is 0 Å². The average Bonchev–Trinajstić information content (AvgIpc) is 2.20. The SMILES string of the molecule is COC(=O)Nc1ccc(O)cc1CN. The van der Waals surface area contributed by atoms with E-state index in [-0.39, 0.29) is 12.3 Å². The summed E-state index contributed by atoms with van der Waals surface area (Å²) in [5.74, 6) is 0.112. The van der Waals surface area contributed by atoms with Gasteiger partial charge in [0.1, 0.15) is 5.75 Å². The summed E-state index contributed by atoms with van der Waals surface area (Å²) in [7, 11) is 1.28. The Labute approximate surface area is 81.5 Å². The van der Waals surface area contributed by atoms with E-state index in [1.54, 1.807) is 6.07 Å². The van der Waals surface area contributed by atoms with Gasteiger partial charge in [-0.1, -0.05) is 0 Å². The molecule has 0 heterocycles. The van der Waals surface area contributed by atoms with Crippen LogP contribution in [-0.2, 0) is 11.3 Å². The van der Waals surface area contributed by atoms with E-state index in [1.807, 2.05) is 0 Å². The van der Waals surface area contributed by atoms with Gasteiger partial charge in [-0.3, -0.25) is 5.32 Å². The van der Waals surface area contributed by atoms with Crippen LogP contribution in [0.4, 0.5) is 10.5 Å². The van der Waals surface area contributed by atoms with Crippen LogP contribution in [0.3, 0.4) is 0 Å². The predicted octanol–water partition coefficient (Wildman–Crippen LogP) is 1.03. The quantitative estimate of drug-likeness (QED) is 0.617. The standard InChI is InChI=1S/C9H12N2O3/c1-14-9(13)11-8-3-2-7(12)4-6(8)5-10/h2-4,12H,5,10H2,1H3,(H,11,13). The summed E-state index contributed by atoms with van der Waals surface area (Å²) in [6, 6.07) is 4.52. The molecule has 0 saturated heterocycles. The number of amides is 1. The normalized spacial score (nSPS) is 9.57. The fraction of sp³-hybridized carbons (Fsp3) is 0.222. The molecule has 0 aliphatic carbocycles. The number of benzene rings is 1. The highest BCUT2D eigenvalue weighted by Crippen LogP contribution is 2.20. The number of phenols is 1. The number of anilines is 1. The van der Waals surface area contributed by atoms with Gasteiger partial charge in [-0.25, -0.2) is 4.79 Å². The number of phenolic OH excluding ortho intramolecular Hbond substituents is 1. The van der Waals surface area contributed by atoms with Gasteiger partial charge in [-0.15, -0.1) is 0 Å². The summed E-state index contributed by atoms with van der Waals surface area (Å²) >= 11 is 0. The smallest absolute Gasteiger partial charge is 0.411 e.